The van der Waals surface area contributed by atoms with Gasteiger partial charge in [0.15, 0.2) is 6.61 Å². The molecule has 240 valence electrons. The average Bonchev–Trinajstić information content (AvgIpc) is 3.52. The third kappa shape index (κ3) is 6.92. The number of halogens is 1. The van der Waals surface area contributed by atoms with Crippen LogP contribution in [0.3, 0.4) is 0 Å². The second kappa shape index (κ2) is 13.4. The zero-order chi connectivity index (χ0) is 32.4. The maximum Gasteiger partial charge on any atom is 0.341 e. The lowest BCUT2D eigenvalue weighted by molar-refractivity contribution is -0.140. The number of likely N-dealkylation sites (tertiary alicyclic amines) is 1. The van der Waals surface area contributed by atoms with Gasteiger partial charge in [0.25, 0.3) is 0 Å². The standard InChI is InChI=1S/C38H42ClN3O4/c1-25(2)32-18-27-23-41(21-26-20-40-42(22-26)31-13-11-30(39)12-14-31)17-16-34(27)46-37(32)33-19-29(10-15-35(33)45-24-36(43)44)38(3,4)28-8-6-5-7-9-28/h5-15,19-20,22,27,32,34,37H,1,16-18,21,23-24H2,2-4H3,(H,43,44)/t27-,32-,34+,37+/m1/s1. The Hall–Kier alpha value is -3.91. The lowest BCUT2D eigenvalue weighted by atomic mass is 9.74. The average molecular weight is 640 g/mol. The number of benzene rings is 3. The van der Waals surface area contributed by atoms with E-state index in [4.69, 9.17) is 21.1 Å². The van der Waals surface area contributed by atoms with E-state index >= 15 is 0 Å². The van der Waals surface area contributed by atoms with Gasteiger partial charge in [-0.3, -0.25) is 4.90 Å². The summed E-state index contributed by atoms with van der Waals surface area (Å²) in [5.74, 6) is -0.0342. The number of carbonyl (C=O) groups is 1. The normalized spacial score (nSPS) is 21.8. The number of nitrogens with zero attached hydrogens (tertiary/aromatic N) is 3. The Morgan fingerprint density at radius 1 is 1.11 bits per heavy atom. The van der Waals surface area contributed by atoms with Gasteiger partial charge in [-0.05, 0) is 73.2 Å². The van der Waals surface area contributed by atoms with Crippen LogP contribution in [0.5, 0.6) is 5.75 Å². The van der Waals surface area contributed by atoms with Crippen molar-refractivity contribution in [3.8, 4) is 11.4 Å². The second-order valence-corrected chi connectivity index (χ2v) is 13.7. The Morgan fingerprint density at radius 3 is 2.59 bits per heavy atom. The van der Waals surface area contributed by atoms with Crippen LogP contribution in [-0.4, -0.2) is 51.6 Å². The van der Waals surface area contributed by atoms with Crippen LogP contribution < -0.4 is 4.74 Å². The first-order valence-corrected chi connectivity index (χ1v) is 16.3. The summed E-state index contributed by atoms with van der Waals surface area (Å²) >= 11 is 6.06. The predicted molar refractivity (Wildman–Crippen MR) is 181 cm³/mol. The van der Waals surface area contributed by atoms with Crippen LogP contribution in [0.4, 0.5) is 0 Å². The molecule has 4 aromatic rings. The number of aromatic nitrogens is 2. The number of ether oxygens (including phenoxy) is 2. The Kier molecular flexibility index (Phi) is 9.37. The molecular weight excluding hydrogens is 598 g/mol. The molecular formula is C38H42ClN3O4. The van der Waals surface area contributed by atoms with Crippen LogP contribution in [0.15, 0.2) is 97.3 Å². The van der Waals surface area contributed by atoms with Crippen molar-refractivity contribution in [2.45, 2.75) is 57.8 Å². The third-order valence-corrected chi connectivity index (χ3v) is 9.89. The number of hydrogen-bond donors (Lipinski definition) is 1. The molecule has 2 fully saturated rings. The number of rotatable bonds is 10. The van der Waals surface area contributed by atoms with Crippen LogP contribution in [0, 0.1) is 11.8 Å². The molecule has 2 saturated heterocycles. The highest BCUT2D eigenvalue weighted by Crippen LogP contribution is 2.48. The van der Waals surface area contributed by atoms with Crippen molar-refractivity contribution in [1.82, 2.24) is 14.7 Å². The summed E-state index contributed by atoms with van der Waals surface area (Å²) in [6.07, 6.45) is 5.69. The van der Waals surface area contributed by atoms with Gasteiger partial charge in [-0.15, -0.1) is 0 Å². The molecule has 6 rings (SSSR count). The van der Waals surface area contributed by atoms with E-state index in [0.29, 0.717) is 16.7 Å². The summed E-state index contributed by atoms with van der Waals surface area (Å²) in [4.78, 5) is 14.0. The molecule has 1 aromatic heterocycles. The van der Waals surface area contributed by atoms with Gasteiger partial charge >= 0.3 is 5.97 Å². The Balaban J connectivity index is 1.22. The molecule has 1 N–H and O–H groups in total. The maximum atomic E-state index is 11.5. The van der Waals surface area contributed by atoms with E-state index in [1.54, 1.807) is 0 Å². The summed E-state index contributed by atoms with van der Waals surface area (Å²) in [5, 5.41) is 14.7. The van der Waals surface area contributed by atoms with E-state index in [2.05, 4.69) is 73.9 Å². The number of fused-ring (bicyclic) bond motifs is 1. The molecule has 0 bridgehead atoms. The van der Waals surface area contributed by atoms with Crippen molar-refractivity contribution in [3.63, 3.8) is 0 Å². The largest absolute Gasteiger partial charge is 0.482 e. The van der Waals surface area contributed by atoms with Crippen LogP contribution in [-0.2, 0) is 21.5 Å². The molecule has 3 aromatic carbocycles. The number of aliphatic carboxylic acids is 1. The van der Waals surface area contributed by atoms with E-state index in [-0.39, 0.29) is 23.5 Å². The van der Waals surface area contributed by atoms with Crippen LogP contribution in [0.2, 0.25) is 5.02 Å². The van der Waals surface area contributed by atoms with Gasteiger partial charge in [-0.1, -0.05) is 74.0 Å². The lowest BCUT2D eigenvalue weighted by Gasteiger charge is -2.47. The summed E-state index contributed by atoms with van der Waals surface area (Å²) in [5.41, 5.74) is 6.15. The summed E-state index contributed by atoms with van der Waals surface area (Å²) in [6, 6.07) is 24.2. The molecule has 0 spiro atoms. The monoisotopic (exact) mass is 639 g/mol. The third-order valence-electron chi connectivity index (χ3n) is 9.64. The van der Waals surface area contributed by atoms with Crippen molar-refractivity contribution in [2.24, 2.45) is 11.8 Å². The molecule has 2 aliphatic heterocycles. The topological polar surface area (TPSA) is 76.8 Å². The minimum Gasteiger partial charge on any atom is -0.482 e. The molecule has 0 aliphatic carbocycles. The summed E-state index contributed by atoms with van der Waals surface area (Å²) in [6.45, 7) is 13.1. The highest BCUT2D eigenvalue weighted by molar-refractivity contribution is 6.30. The summed E-state index contributed by atoms with van der Waals surface area (Å²) in [7, 11) is 0. The molecule has 0 radical (unpaired) electrons. The molecule has 4 atom stereocenters. The molecule has 8 heteroatoms. The van der Waals surface area contributed by atoms with Gasteiger partial charge in [-0.2, -0.15) is 5.10 Å². The van der Waals surface area contributed by atoms with Gasteiger partial charge in [0.1, 0.15) is 5.75 Å². The highest BCUT2D eigenvalue weighted by atomic mass is 35.5. The van der Waals surface area contributed by atoms with Crippen molar-refractivity contribution >= 4 is 17.6 Å². The fourth-order valence-electron chi connectivity index (χ4n) is 7.00. The van der Waals surface area contributed by atoms with Crippen LogP contribution in [0.1, 0.15) is 62.0 Å². The Labute approximate surface area is 276 Å². The van der Waals surface area contributed by atoms with Crippen molar-refractivity contribution in [3.05, 3.63) is 125 Å². The van der Waals surface area contributed by atoms with E-state index < -0.39 is 12.6 Å². The van der Waals surface area contributed by atoms with Gasteiger partial charge in [0.05, 0.1) is 24.1 Å². The van der Waals surface area contributed by atoms with E-state index in [1.165, 1.54) is 5.56 Å². The van der Waals surface area contributed by atoms with Gasteiger partial charge < -0.3 is 14.6 Å². The maximum absolute atomic E-state index is 11.5. The molecule has 3 heterocycles. The molecule has 46 heavy (non-hydrogen) atoms. The highest BCUT2D eigenvalue weighted by Gasteiger charge is 2.43. The van der Waals surface area contributed by atoms with Crippen LogP contribution >= 0.6 is 11.6 Å². The first-order valence-electron chi connectivity index (χ1n) is 16.0. The van der Waals surface area contributed by atoms with Crippen molar-refractivity contribution in [1.29, 1.82) is 0 Å². The molecule has 7 nitrogen and oxygen atoms in total. The van der Waals surface area contributed by atoms with Crippen LogP contribution in [0.25, 0.3) is 5.69 Å². The van der Waals surface area contributed by atoms with E-state index in [1.807, 2.05) is 53.3 Å². The fourth-order valence-corrected chi connectivity index (χ4v) is 7.13. The SMILES string of the molecule is C=C(C)[C@H]1C[C@@H]2CN(Cc3cnn(-c4ccc(Cl)cc4)c3)CC[C@@H]2O[C@@H]1c1cc(C(C)(C)c2ccccc2)ccc1OCC(=O)O. The molecule has 0 unspecified atom stereocenters. The number of piperidine rings is 1. The van der Waals surface area contributed by atoms with Crippen molar-refractivity contribution < 1.29 is 19.4 Å². The lowest BCUT2D eigenvalue weighted by Crippen LogP contribution is -2.48. The first-order chi connectivity index (χ1) is 22.1. The molecule has 2 aliphatic rings. The Morgan fingerprint density at radius 2 is 1.87 bits per heavy atom. The van der Waals surface area contributed by atoms with Gasteiger partial charge in [-0.25, -0.2) is 9.48 Å². The zero-order valence-corrected chi connectivity index (χ0v) is 27.5. The predicted octanol–water partition coefficient (Wildman–Crippen LogP) is 7.86. The number of carboxylic acids is 1. The molecule has 0 saturated carbocycles. The molecule has 0 amide bonds. The minimum absolute atomic E-state index is 0.0659. The van der Waals surface area contributed by atoms with Gasteiger partial charge in [0.2, 0.25) is 0 Å². The van der Waals surface area contributed by atoms with Crippen molar-refractivity contribution in [2.75, 3.05) is 19.7 Å². The Bertz CT molecular complexity index is 1680. The minimum atomic E-state index is -1.01. The number of carboxylic acid groups (broad SMARTS) is 1. The van der Waals surface area contributed by atoms with E-state index in [0.717, 1.165) is 60.4 Å². The second-order valence-electron chi connectivity index (χ2n) is 13.3. The zero-order valence-electron chi connectivity index (χ0n) is 26.7. The quantitative estimate of drug-likeness (QED) is 0.178. The summed E-state index contributed by atoms with van der Waals surface area (Å²) < 4.78 is 14.8. The smallest absolute Gasteiger partial charge is 0.341 e. The number of hydrogen-bond acceptors (Lipinski definition) is 5. The van der Waals surface area contributed by atoms with Gasteiger partial charge in [0, 0.05) is 53.3 Å². The first kappa shape index (κ1) is 32.0. The fraction of sp³-hybridized carbons (Fsp3) is 0.368. The van der Waals surface area contributed by atoms with E-state index in [9.17, 15) is 9.90 Å².